The van der Waals surface area contributed by atoms with Crippen molar-refractivity contribution in [2.75, 3.05) is 26.9 Å². The molecule has 0 aliphatic carbocycles. The van der Waals surface area contributed by atoms with Gasteiger partial charge in [-0.25, -0.2) is 0 Å². The Balaban J connectivity index is 1.75. The topological polar surface area (TPSA) is 56.8 Å². The highest BCUT2D eigenvalue weighted by Crippen LogP contribution is 2.28. The molecular formula is C21H27NO4. The van der Waals surface area contributed by atoms with Crippen molar-refractivity contribution in [2.24, 2.45) is 0 Å². The molecule has 0 aromatic heterocycles. The van der Waals surface area contributed by atoms with Gasteiger partial charge in [-0.15, -0.1) is 0 Å². The second kappa shape index (κ2) is 10.3. The quantitative estimate of drug-likeness (QED) is 0.658. The highest BCUT2D eigenvalue weighted by atomic mass is 16.5. The van der Waals surface area contributed by atoms with Gasteiger partial charge >= 0.3 is 0 Å². The summed E-state index contributed by atoms with van der Waals surface area (Å²) in [5.41, 5.74) is 1.13. The third kappa shape index (κ3) is 5.69. The van der Waals surface area contributed by atoms with E-state index in [-0.39, 0.29) is 12.5 Å². The average Bonchev–Trinajstić information content (AvgIpc) is 2.69. The summed E-state index contributed by atoms with van der Waals surface area (Å²) in [4.78, 5) is 12.0. The summed E-state index contributed by atoms with van der Waals surface area (Å²) in [5, 5.41) is 2.79. The number of nitrogens with one attached hydrogen (secondary N) is 1. The van der Waals surface area contributed by atoms with Crippen LogP contribution in [-0.2, 0) is 4.79 Å². The average molecular weight is 357 g/mol. The maximum absolute atomic E-state index is 12.0. The molecule has 0 aliphatic heterocycles. The molecule has 0 bridgehead atoms. The van der Waals surface area contributed by atoms with Crippen molar-refractivity contribution in [2.45, 2.75) is 26.2 Å². The van der Waals surface area contributed by atoms with Gasteiger partial charge in [-0.1, -0.05) is 44.2 Å². The standard InChI is InChI=1S/C21H27NO4/c1-4-16(2)17-9-5-6-10-18(17)26-15-21(23)22-13-14-25-20-12-8-7-11-19(20)24-3/h5-12,16H,4,13-15H2,1-3H3,(H,22,23). The zero-order valence-electron chi connectivity index (χ0n) is 15.7. The largest absolute Gasteiger partial charge is 0.493 e. The van der Waals surface area contributed by atoms with E-state index in [4.69, 9.17) is 14.2 Å². The first-order valence-corrected chi connectivity index (χ1v) is 8.90. The predicted octanol–water partition coefficient (Wildman–Crippen LogP) is 3.78. The Morgan fingerprint density at radius 3 is 2.35 bits per heavy atom. The number of amides is 1. The molecule has 1 amide bonds. The summed E-state index contributed by atoms with van der Waals surface area (Å²) < 4.78 is 16.5. The van der Waals surface area contributed by atoms with Gasteiger partial charge in [0, 0.05) is 0 Å². The van der Waals surface area contributed by atoms with Crippen LogP contribution < -0.4 is 19.5 Å². The molecule has 140 valence electrons. The first-order valence-electron chi connectivity index (χ1n) is 8.90. The van der Waals surface area contributed by atoms with Crippen LogP contribution >= 0.6 is 0 Å². The molecule has 0 saturated carbocycles. The monoisotopic (exact) mass is 357 g/mol. The first-order chi connectivity index (χ1) is 12.7. The van der Waals surface area contributed by atoms with Crippen molar-refractivity contribution in [1.82, 2.24) is 5.32 Å². The summed E-state index contributed by atoms with van der Waals surface area (Å²) in [5.74, 6) is 2.31. The van der Waals surface area contributed by atoms with Crippen LogP contribution in [-0.4, -0.2) is 32.8 Å². The van der Waals surface area contributed by atoms with Crippen LogP contribution in [0.15, 0.2) is 48.5 Å². The Labute approximate surface area is 155 Å². The molecule has 2 aromatic carbocycles. The van der Waals surface area contributed by atoms with Gasteiger partial charge in [0.15, 0.2) is 18.1 Å². The van der Waals surface area contributed by atoms with E-state index in [1.165, 1.54) is 0 Å². The molecule has 0 radical (unpaired) electrons. The molecule has 2 rings (SSSR count). The van der Waals surface area contributed by atoms with E-state index in [1.807, 2.05) is 48.5 Å². The van der Waals surface area contributed by atoms with Crippen molar-refractivity contribution in [1.29, 1.82) is 0 Å². The fraction of sp³-hybridized carbons (Fsp3) is 0.381. The minimum absolute atomic E-state index is 0.0118. The van der Waals surface area contributed by atoms with Crippen LogP contribution in [0.2, 0.25) is 0 Å². The highest BCUT2D eigenvalue weighted by Gasteiger charge is 2.11. The maximum Gasteiger partial charge on any atom is 0.258 e. The van der Waals surface area contributed by atoms with Crippen molar-refractivity contribution in [3.8, 4) is 17.2 Å². The summed E-state index contributed by atoms with van der Waals surface area (Å²) in [7, 11) is 1.60. The molecule has 1 unspecified atom stereocenters. The zero-order chi connectivity index (χ0) is 18.8. The van der Waals surface area contributed by atoms with Gasteiger partial charge in [0.1, 0.15) is 12.4 Å². The van der Waals surface area contributed by atoms with Gasteiger partial charge in [-0.3, -0.25) is 4.79 Å². The molecule has 1 atom stereocenters. The van der Waals surface area contributed by atoms with E-state index >= 15 is 0 Å². The molecule has 26 heavy (non-hydrogen) atoms. The van der Waals surface area contributed by atoms with E-state index in [1.54, 1.807) is 7.11 Å². The Bertz CT molecular complexity index is 702. The lowest BCUT2D eigenvalue weighted by Gasteiger charge is -2.15. The van der Waals surface area contributed by atoms with Crippen LogP contribution in [0.1, 0.15) is 31.7 Å². The third-order valence-corrected chi connectivity index (χ3v) is 4.17. The lowest BCUT2D eigenvalue weighted by Crippen LogP contribution is -2.32. The van der Waals surface area contributed by atoms with Crippen molar-refractivity contribution in [3.05, 3.63) is 54.1 Å². The van der Waals surface area contributed by atoms with Crippen LogP contribution in [0.25, 0.3) is 0 Å². The second-order valence-corrected chi connectivity index (χ2v) is 5.99. The summed E-state index contributed by atoms with van der Waals surface area (Å²) in [6.07, 6.45) is 1.02. The van der Waals surface area contributed by atoms with Gasteiger partial charge < -0.3 is 19.5 Å². The molecular weight excluding hydrogens is 330 g/mol. The molecule has 5 nitrogen and oxygen atoms in total. The number of benzene rings is 2. The number of carbonyl (C=O) groups excluding carboxylic acids is 1. The van der Waals surface area contributed by atoms with Crippen molar-refractivity contribution < 1.29 is 19.0 Å². The molecule has 2 aromatic rings. The van der Waals surface area contributed by atoms with Crippen molar-refractivity contribution in [3.63, 3.8) is 0 Å². The lowest BCUT2D eigenvalue weighted by molar-refractivity contribution is -0.123. The van der Waals surface area contributed by atoms with Crippen LogP contribution in [0.3, 0.4) is 0 Å². The molecule has 0 saturated heterocycles. The summed E-state index contributed by atoms with van der Waals surface area (Å²) in [6.45, 7) is 5.03. The first kappa shape index (κ1) is 19.6. The van der Waals surface area contributed by atoms with Crippen LogP contribution in [0, 0.1) is 0 Å². The smallest absolute Gasteiger partial charge is 0.258 e. The van der Waals surface area contributed by atoms with E-state index < -0.39 is 0 Å². The van der Waals surface area contributed by atoms with Crippen molar-refractivity contribution >= 4 is 5.91 Å². The highest BCUT2D eigenvalue weighted by molar-refractivity contribution is 5.77. The van der Waals surface area contributed by atoms with Gasteiger partial charge in [-0.05, 0) is 36.1 Å². The zero-order valence-corrected chi connectivity index (χ0v) is 15.7. The third-order valence-electron chi connectivity index (χ3n) is 4.17. The Morgan fingerprint density at radius 1 is 1.00 bits per heavy atom. The number of carbonyl (C=O) groups is 1. The SMILES string of the molecule is CCC(C)c1ccccc1OCC(=O)NCCOc1ccccc1OC. The van der Waals surface area contributed by atoms with Crippen LogP contribution in [0.4, 0.5) is 0 Å². The lowest BCUT2D eigenvalue weighted by atomic mass is 9.98. The minimum atomic E-state index is -0.174. The van der Waals surface area contributed by atoms with E-state index in [0.29, 0.717) is 30.6 Å². The predicted molar refractivity (Wildman–Crippen MR) is 102 cm³/mol. The molecule has 0 aliphatic rings. The minimum Gasteiger partial charge on any atom is -0.493 e. The molecule has 0 spiro atoms. The number of ether oxygens (including phenoxy) is 3. The summed E-state index contributed by atoms with van der Waals surface area (Å²) in [6, 6.07) is 15.3. The Kier molecular flexibility index (Phi) is 7.80. The fourth-order valence-corrected chi connectivity index (χ4v) is 2.52. The van der Waals surface area contributed by atoms with Gasteiger partial charge in [0.05, 0.1) is 13.7 Å². The van der Waals surface area contributed by atoms with Gasteiger partial charge in [0.25, 0.3) is 5.91 Å². The summed E-state index contributed by atoms with van der Waals surface area (Å²) >= 11 is 0. The van der Waals surface area contributed by atoms with Crippen LogP contribution in [0.5, 0.6) is 17.2 Å². The fourth-order valence-electron chi connectivity index (χ4n) is 2.52. The van der Waals surface area contributed by atoms with Gasteiger partial charge in [-0.2, -0.15) is 0 Å². The number of hydrogen-bond donors (Lipinski definition) is 1. The Hall–Kier alpha value is -2.69. The van der Waals surface area contributed by atoms with E-state index in [2.05, 4.69) is 19.2 Å². The van der Waals surface area contributed by atoms with E-state index in [0.717, 1.165) is 17.7 Å². The number of rotatable bonds is 10. The Morgan fingerprint density at radius 2 is 1.65 bits per heavy atom. The number of hydrogen-bond acceptors (Lipinski definition) is 4. The molecule has 5 heteroatoms. The van der Waals surface area contributed by atoms with E-state index in [9.17, 15) is 4.79 Å². The number of methoxy groups -OCH3 is 1. The molecule has 0 fully saturated rings. The normalized spacial score (nSPS) is 11.5. The number of para-hydroxylation sites is 3. The maximum atomic E-state index is 12.0. The second-order valence-electron chi connectivity index (χ2n) is 5.99. The molecule has 1 N–H and O–H groups in total. The van der Waals surface area contributed by atoms with Gasteiger partial charge in [0.2, 0.25) is 0 Å². The molecule has 0 heterocycles.